The van der Waals surface area contributed by atoms with Crippen molar-refractivity contribution >= 4 is 39.1 Å². The average molecular weight is 662 g/mol. The van der Waals surface area contributed by atoms with Gasteiger partial charge in [0.05, 0.1) is 6.61 Å². The highest BCUT2D eigenvalue weighted by molar-refractivity contribution is 7.71. The molecule has 0 aromatic carbocycles. The third-order valence-electron chi connectivity index (χ3n) is 3.47. The summed E-state index contributed by atoms with van der Waals surface area (Å²) in [7, 11) is -29.3. The zero-order valence-electron chi connectivity index (χ0n) is 17.7. The monoisotopic (exact) mass is 662 g/mol. The fourth-order valence-corrected chi connectivity index (χ4v) is 7.71. The van der Waals surface area contributed by atoms with E-state index in [1.54, 1.807) is 0 Å². The number of hydrogen-bond acceptors (Lipinski definition) is 15. The standard InChI is InChI=1S/C9H12N2O6.H7O16P5/c12-3-4-6(14)7(15)8(17-4)11-2-1-5(13)10-9(11)16;1-17(2,3)13-19(7,8)15-21(11,12)16-20(9,10)14-18(4,5)6/h1-2,4,6-8,12,14-15H,3H2,(H,10,13,16);(H,7,8)(H,9,10)(H,11,12)(H2,1,2,3)(H2,4,5,6)/t4-,6-,7-,8-;/m1./s1. The maximum atomic E-state index is 11.4. The predicted octanol–water partition coefficient (Wildman–Crippen LogP) is -3.31. The molecule has 11 N–H and O–H groups in total. The first-order valence-corrected chi connectivity index (χ1v) is 16.3. The average Bonchev–Trinajstić information content (AvgIpc) is 2.90. The molecule has 0 saturated carbocycles. The molecule has 1 aromatic heterocycles. The minimum absolute atomic E-state index is 0.479. The van der Waals surface area contributed by atoms with E-state index in [-0.39, 0.29) is 0 Å². The van der Waals surface area contributed by atoms with Crippen LogP contribution in [0.1, 0.15) is 6.23 Å². The zero-order valence-corrected chi connectivity index (χ0v) is 22.2. The summed E-state index contributed by atoms with van der Waals surface area (Å²) in [5.74, 6) is 0. The van der Waals surface area contributed by atoms with E-state index in [1.807, 2.05) is 4.98 Å². The predicted molar refractivity (Wildman–Crippen MR) is 112 cm³/mol. The van der Waals surface area contributed by atoms with Crippen molar-refractivity contribution in [3.8, 4) is 0 Å². The fraction of sp³-hybridized carbons (Fsp3) is 0.556. The third kappa shape index (κ3) is 12.2. The molecule has 1 aliphatic rings. The number of rotatable bonds is 10. The second kappa shape index (κ2) is 12.8. The van der Waals surface area contributed by atoms with Crippen molar-refractivity contribution in [3.63, 3.8) is 0 Å². The highest BCUT2D eigenvalue weighted by atomic mass is 31.3. The number of nitrogens with zero attached hydrogens (tertiary/aromatic N) is 1. The van der Waals surface area contributed by atoms with E-state index in [4.69, 9.17) is 44.1 Å². The molecule has 2 unspecified atom stereocenters. The van der Waals surface area contributed by atoms with Gasteiger partial charge < -0.3 is 54.3 Å². The summed E-state index contributed by atoms with van der Waals surface area (Å²) >= 11 is 0. The Morgan fingerprint density at radius 3 is 1.55 bits per heavy atom. The summed E-state index contributed by atoms with van der Waals surface area (Å²) in [4.78, 5) is 83.1. The normalized spacial score (nSPS) is 26.9. The van der Waals surface area contributed by atoms with Crippen molar-refractivity contribution < 1.29 is 94.4 Å². The van der Waals surface area contributed by atoms with Crippen molar-refractivity contribution in [1.82, 2.24) is 9.55 Å². The fourth-order valence-electron chi connectivity index (χ4n) is 2.31. The smallest absolute Gasteiger partial charge is 0.394 e. The lowest BCUT2D eigenvalue weighted by Crippen LogP contribution is -2.37. The van der Waals surface area contributed by atoms with Crippen LogP contribution in [-0.2, 0) is 44.8 Å². The quantitative estimate of drug-likeness (QED) is 0.109. The third-order valence-corrected chi connectivity index (χ3v) is 10.1. The Balaban J connectivity index is 0.000000386. The van der Waals surface area contributed by atoms with Gasteiger partial charge in [0, 0.05) is 12.3 Å². The van der Waals surface area contributed by atoms with Crippen LogP contribution in [0, 0.1) is 0 Å². The number of ether oxygens (including phenoxy) is 1. The van der Waals surface area contributed by atoms with E-state index >= 15 is 0 Å². The van der Waals surface area contributed by atoms with Crippen LogP contribution in [0.3, 0.4) is 0 Å². The van der Waals surface area contributed by atoms with Crippen LogP contribution in [0.5, 0.6) is 0 Å². The van der Waals surface area contributed by atoms with Crippen LogP contribution in [-0.4, -0.2) is 84.0 Å². The molecule has 1 aromatic rings. The SMILES string of the molecule is O=P(O)(O)OP(=O)(O)OP(=O)(O)OP(=O)(O)OP(=O)(O)O.O=c1ccn([C@@H]2O[C@H](CO)[C@@H](O)[C@H]2O)c(=O)[nH]1. The van der Waals surface area contributed by atoms with Crippen molar-refractivity contribution in [2.45, 2.75) is 24.5 Å². The summed E-state index contributed by atoms with van der Waals surface area (Å²) in [5, 5.41) is 28.1. The number of aliphatic hydroxyl groups is 3. The summed E-state index contributed by atoms with van der Waals surface area (Å²) < 4.78 is 71.7. The molecule has 1 aliphatic heterocycles. The first-order valence-electron chi connectivity index (χ1n) is 8.76. The van der Waals surface area contributed by atoms with E-state index in [0.717, 1.165) is 16.8 Å². The molecule has 0 bridgehead atoms. The topological polar surface area (TPSA) is 389 Å². The minimum atomic E-state index is -6.07. The number of phosphoric acid groups is 5. The van der Waals surface area contributed by atoms with Gasteiger partial charge in [-0.1, -0.05) is 0 Å². The molecule has 0 aliphatic carbocycles. The van der Waals surface area contributed by atoms with E-state index in [0.29, 0.717) is 0 Å². The highest BCUT2D eigenvalue weighted by Crippen LogP contribution is 2.72. The summed E-state index contributed by atoms with van der Waals surface area (Å²) in [6.45, 7) is -0.479. The van der Waals surface area contributed by atoms with Gasteiger partial charge >= 0.3 is 44.8 Å². The van der Waals surface area contributed by atoms with E-state index in [2.05, 4.69) is 17.2 Å². The molecule has 29 heteroatoms. The maximum Gasteiger partial charge on any atom is 0.490 e. The van der Waals surface area contributed by atoms with Crippen molar-refractivity contribution in [3.05, 3.63) is 33.1 Å². The second-order valence-corrected chi connectivity index (χ2v) is 13.8. The first-order chi connectivity index (χ1) is 16.9. The first kappa shape index (κ1) is 35.3. The number of hydrogen-bond donors (Lipinski definition) is 11. The zero-order chi connectivity index (χ0) is 29.9. The Morgan fingerprint density at radius 2 is 1.21 bits per heavy atom. The van der Waals surface area contributed by atoms with E-state index in [1.165, 1.54) is 0 Å². The number of aliphatic hydroxyl groups excluding tert-OH is 3. The maximum absolute atomic E-state index is 11.4. The molecular formula is C9H19N2O22P5. The largest absolute Gasteiger partial charge is 0.490 e. The molecule has 1 fully saturated rings. The van der Waals surface area contributed by atoms with Gasteiger partial charge in [0.25, 0.3) is 5.56 Å². The number of aromatic amines is 1. The summed E-state index contributed by atoms with van der Waals surface area (Å²) in [6, 6.07) is 1.09. The van der Waals surface area contributed by atoms with E-state index in [9.17, 15) is 42.6 Å². The molecule has 0 spiro atoms. The number of nitrogens with one attached hydrogen (secondary N) is 1. The molecule has 2 heterocycles. The Kier molecular flexibility index (Phi) is 11.9. The van der Waals surface area contributed by atoms with Crippen LogP contribution >= 0.6 is 39.1 Å². The molecule has 6 atom stereocenters. The Labute approximate surface area is 207 Å². The molecule has 38 heavy (non-hydrogen) atoms. The van der Waals surface area contributed by atoms with Crippen molar-refractivity contribution in [2.75, 3.05) is 6.61 Å². The van der Waals surface area contributed by atoms with Crippen molar-refractivity contribution in [1.29, 1.82) is 0 Å². The lowest BCUT2D eigenvalue weighted by Gasteiger charge is -2.18. The van der Waals surface area contributed by atoms with Crippen molar-refractivity contribution in [2.24, 2.45) is 0 Å². The van der Waals surface area contributed by atoms with Gasteiger partial charge in [-0.25, -0.2) is 27.6 Å². The minimum Gasteiger partial charge on any atom is -0.394 e. The van der Waals surface area contributed by atoms with Gasteiger partial charge in [-0.05, 0) is 0 Å². The lowest BCUT2D eigenvalue weighted by atomic mass is 10.1. The highest BCUT2D eigenvalue weighted by Gasteiger charge is 2.47. The van der Waals surface area contributed by atoms with Gasteiger partial charge in [-0.3, -0.25) is 14.3 Å². The Hall–Kier alpha value is -0.770. The molecule has 1 saturated heterocycles. The second-order valence-electron chi connectivity index (χ2n) is 6.46. The summed E-state index contributed by atoms with van der Waals surface area (Å²) in [5.41, 5.74) is -1.33. The Bertz CT molecular complexity index is 1270. The van der Waals surface area contributed by atoms with Gasteiger partial charge in [0.2, 0.25) is 0 Å². The van der Waals surface area contributed by atoms with Crippen LogP contribution in [0.15, 0.2) is 21.9 Å². The number of H-pyrrole nitrogens is 1. The van der Waals surface area contributed by atoms with Gasteiger partial charge in [-0.15, -0.1) is 0 Å². The van der Waals surface area contributed by atoms with Gasteiger partial charge in [0.1, 0.15) is 18.3 Å². The molecule has 2 rings (SSSR count). The summed E-state index contributed by atoms with van der Waals surface area (Å²) in [6.07, 6.45) is -3.58. The number of aromatic nitrogens is 2. The van der Waals surface area contributed by atoms with Gasteiger partial charge in [0.15, 0.2) is 6.23 Å². The van der Waals surface area contributed by atoms with Gasteiger partial charge in [-0.2, -0.15) is 17.2 Å². The molecule has 0 radical (unpaired) electrons. The van der Waals surface area contributed by atoms with E-state index < -0.39 is 81.5 Å². The lowest BCUT2D eigenvalue weighted by molar-refractivity contribution is -0.0550. The molecule has 0 amide bonds. The van der Waals surface area contributed by atoms with Crippen LogP contribution in [0.4, 0.5) is 0 Å². The molecule has 222 valence electrons. The Morgan fingerprint density at radius 1 is 0.789 bits per heavy atom. The molecule has 24 nitrogen and oxygen atoms in total. The van der Waals surface area contributed by atoms with Crippen LogP contribution in [0.2, 0.25) is 0 Å². The van der Waals surface area contributed by atoms with Crippen LogP contribution in [0.25, 0.3) is 0 Å². The molecular weight excluding hydrogens is 643 g/mol. The van der Waals surface area contributed by atoms with Crippen LogP contribution < -0.4 is 11.2 Å².